The summed E-state index contributed by atoms with van der Waals surface area (Å²) in [6.45, 7) is 7.00. The van der Waals surface area contributed by atoms with Gasteiger partial charge in [0.15, 0.2) is 5.69 Å². The minimum absolute atomic E-state index is 0.0819. The summed E-state index contributed by atoms with van der Waals surface area (Å²) in [7, 11) is 0. The van der Waals surface area contributed by atoms with Gasteiger partial charge in [-0.15, -0.1) is 0 Å². The normalized spacial score (nSPS) is 11.3. The summed E-state index contributed by atoms with van der Waals surface area (Å²) < 4.78 is 10.0. The molecule has 0 aliphatic heterocycles. The molecule has 0 aromatic carbocycles. The zero-order valence-corrected chi connectivity index (χ0v) is 11.4. The van der Waals surface area contributed by atoms with Crippen LogP contribution in [-0.4, -0.2) is 35.1 Å². The minimum atomic E-state index is -0.464. The molecule has 17 heavy (non-hydrogen) atoms. The van der Waals surface area contributed by atoms with Gasteiger partial charge < -0.3 is 14.5 Å². The number of carbonyl (C=O) groups excluding carboxylic acids is 1. The molecule has 0 saturated heterocycles. The van der Waals surface area contributed by atoms with Gasteiger partial charge in [0.1, 0.15) is 6.26 Å². The zero-order valence-electron chi connectivity index (χ0n) is 10.6. The first-order valence-electron chi connectivity index (χ1n) is 5.40. The lowest BCUT2D eigenvalue weighted by Crippen LogP contribution is -2.26. The van der Waals surface area contributed by atoms with Crippen molar-refractivity contribution >= 4 is 23.7 Å². The Labute approximate surface area is 105 Å². The molecule has 1 N–H and O–H groups in total. The molecular weight excluding hydrogens is 240 g/mol. The van der Waals surface area contributed by atoms with E-state index in [1.54, 1.807) is 18.7 Å². The van der Waals surface area contributed by atoms with Gasteiger partial charge >= 0.3 is 5.97 Å². The average Bonchev–Trinajstić information content (AvgIpc) is 2.76. The molecule has 0 unspecified atom stereocenters. The molecule has 96 valence electrons. The molecule has 1 heterocycles. The Bertz CT molecular complexity index is 377. The highest BCUT2D eigenvalue weighted by Crippen LogP contribution is 2.21. The first kappa shape index (κ1) is 13.9. The Morgan fingerprint density at radius 2 is 2.35 bits per heavy atom. The van der Waals surface area contributed by atoms with Crippen LogP contribution >= 0.6 is 11.8 Å². The highest BCUT2D eigenvalue weighted by atomic mass is 32.2. The number of esters is 1. The number of rotatable bonds is 6. The molecule has 5 nitrogen and oxygen atoms in total. The molecule has 0 spiro atoms. The van der Waals surface area contributed by atoms with Crippen LogP contribution in [0.2, 0.25) is 0 Å². The van der Waals surface area contributed by atoms with Gasteiger partial charge in [0.05, 0.1) is 6.61 Å². The van der Waals surface area contributed by atoms with E-state index in [1.807, 2.05) is 6.26 Å². The summed E-state index contributed by atoms with van der Waals surface area (Å²) in [5.41, 5.74) is 0.191. The topological polar surface area (TPSA) is 64.4 Å². The number of anilines is 1. The number of aromatic nitrogens is 1. The summed E-state index contributed by atoms with van der Waals surface area (Å²) in [5.74, 6) is -0.464. The molecule has 0 fully saturated rings. The Balaban J connectivity index is 2.54. The second kappa shape index (κ2) is 5.95. The Morgan fingerprint density at radius 1 is 1.65 bits per heavy atom. The summed E-state index contributed by atoms with van der Waals surface area (Å²) >= 11 is 1.74. The van der Waals surface area contributed by atoms with Crippen LogP contribution in [0.1, 0.15) is 31.3 Å². The van der Waals surface area contributed by atoms with E-state index in [9.17, 15) is 4.79 Å². The molecule has 0 radical (unpaired) electrons. The Morgan fingerprint density at radius 3 is 2.94 bits per heavy atom. The van der Waals surface area contributed by atoms with Crippen LogP contribution in [0.5, 0.6) is 0 Å². The molecule has 1 aromatic heterocycles. The number of thioether (sulfide) groups is 1. The molecule has 0 saturated carbocycles. The number of oxazole rings is 1. The van der Waals surface area contributed by atoms with E-state index in [1.165, 1.54) is 6.26 Å². The summed E-state index contributed by atoms with van der Waals surface area (Å²) in [6, 6.07) is 0.343. The van der Waals surface area contributed by atoms with E-state index >= 15 is 0 Å². The maximum atomic E-state index is 11.3. The van der Waals surface area contributed by atoms with Crippen molar-refractivity contribution in [2.24, 2.45) is 0 Å². The van der Waals surface area contributed by atoms with Crippen molar-refractivity contribution in [3.8, 4) is 0 Å². The third-order valence-corrected chi connectivity index (χ3v) is 3.46. The monoisotopic (exact) mass is 258 g/mol. The lowest BCUT2D eigenvalue weighted by Gasteiger charge is -2.21. The third kappa shape index (κ3) is 4.30. The van der Waals surface area contributed by atoms with Crippen LogP contribution < -0.4 is 5.32 Å². The predicted molar refractivity (Wildman–Crippen MR) is 68.5 cm³/mol. The number of nitrogens with zero attached hydrogens (tertiary/aromatic N) is 1. The van der Waals surface area contributed by atoms with Crippen LogP contribution in [0.4, 0.5) is 6.01 Å². The molecule has 0 bridgehead atoms. The number of hydrogen-bond donors (Lipinski definition) is 1. The van der Waals surface area contributed by atoms with Crippen molar-refractivity contribution in [1.82, 2.24) is 4.98 Å². The molecule has 0 aliphatic carbocycles. The Hall–Kier alpha value is -1.17. The maximum Gasteiger partial charge on any atom is 0.360 e. The van der Waals surface area contributed by atoms with Gasteiger partial charge in [0.25, 0.3) is 6.01 Å². The molecule has 0 amide bonds. The highest BCUT2D eigenvalue weighted by Gasteiger charge is 2.18. The molecular formula is C11H18N2O3S. The van der Waals surface area contributed by atoms with Gasteiger partial charge in [-0.05, 0) is 27.0 Å². The number of hydrogen-bond acceptors (Lipinski definition) is 6. The first-order valence-corrected chi connectivity index (χ1v) is 6.62. The smallest absolute Gasteiger partial charge is 0.360 e. The number of carbonyl (C=O) groups is 1. The van der Waals surface area contributed by atoms with E-state index in [-0.39, 0.29) is 10.4 Å². The standard InChI is InChI=1S/C11H18N2O3S/c1-5-15-9(14)8-6-16-10(13-8)12-7-11(2,3)17-4/h6H,5,7H2,1-4H3,(H,12,13). The van der Waals surface area contributed by atoms with E-state index in [0.29, 0.717) is 19.2 Å². The second-order valence-electron chi connectivity index (χ2n) is 4.08. The number of ether oxygens (including phenoxy) is 1. The van der Waals surface area contributed by atoms with E-state index in [4.69, 9.17) is 9.15 Å². The Kier molecular flexibility index (Phi) is 4.86. The van der Waals surface area contributed by atoms with Crippen LogP contribution in [0.15, 0.2) is 10.7 Å². The van der Waals surface area contributed by atoms with Crippen molar-refractivity contribution in [2.75, 3.05) is 24.7 Å². The SMILES string of the molecule is CCOC(=O)c1coc(NCC(C)(C)SC)n1. The summed E-state index contributed by atoms with van der Waals surface area (Å²) in [6.07, 6.45) is 3.34. The fourth-order valence-electron chi connectivity index (χ4n) is 1.01. The maximum absolute atomic E-state index is 11.3. The third-order valence-electron chi connectivity index (χ3n) is 2.21. The largest absolute Gasteiger partial charge is 0.461 e. The van der Waals surface area contributed by atoms with Gasteiger partial charge in [-0.25, -0.2) is 4.79 Å². The van der Waals surface area contributed by atoms with Gasteiger partial charge in [-0.1, -0.05) is 0 Å². The van der Waals surface area contributed by atoms with Crippen molar-refractivity contribution in [2.45, 2.75) is 25.5 Å². The van der Waals surface area contributed by atoms with E-state index in [0.717, 1.165) is 0 Å². The van der Waals surface area contributed by atoms with Gasteiger partial charge in [0.2, 0.25) is 0 Å². The summed E-state index contributed by atoms with van der Waals surface area (Å²) in [4.78, 5) is 15.3. The van der Waals surface area contributed by atoms with Gasteiger partial charge in [-0.2, -0.15) is 16.7 Å². The lowest BCUT2D eigenvalue weighted by molar-refractivity contribution is 0.0519. The van der Waals surface area contributed by atoms with Crippen LogP contribution in [0.25, 0.3) is 0 Å². The molecule has 0 aliphatic rings. The molecule has 6 heteroatoms. The quantitative estimate of drug-likeness (QED) is 0.790. The molecule has 1 rings (SSSR count). The van der Waals surface area contributed by atoms with Crippen LogP contribution in [-0.2, 0) is 4.74 Å². The van der Waals surface area contributed by atoms with Gasteiger partial charge in [0, 0.05) is 11.3 Å². The van der Waals surface area contributed by atoms with E-state index in [2.05, 4.69) is 24.1 Å². The van der Waals surface area contributed by atoms with Gasteiger partial charge in [-0.3, -0.25) is 0 Å². The lowest BCUT2D eigenvalue weighted by atomic mass is 10.2. The summed E-state index contributed by atoms with van der Waals surface area (Å²) in [5, 5.41) is 3.05. The highest BCUT2D eigenvalue weighted by molar-refractivity contribution is 7.99. The second-order valence-corrected chi connectivity index (χ2v) is 5.59. The van der Waals surface area contributed by atoms with Crippen LogP contribution in [0, 0.1) is 0 Å². The average molecular weight is 258 g/mol. The van der Waals surface area contributed by atoms with Crippen molar-refractivity contribution in [3.63, 3.8) is 0 Å². The van der Waals surface area contributed by atoms with Crippen molar-refractivity contribution < 1.29 is 13.9 Å². The fourth-order valence-corrected chi connectivity index (χ4v) is 1.23. The predicted octanol–water partition coefficient (Wildman–Crippen LogP) is 2.40. The van der Waals surface area contributed by atoms with Crippen LogP contribution in [0.3, 0.4) is 0 Å². The first-order chi connectivity index (χ1) is 7.98. The minimum Gasteiger partial charge on any atom is -0.461 e. The molecule has 0 atom stereocenters. The fraction of sp³-hybridized carbons (Fsp3) is 0.636. The van der Waals surface area contributed by atoms with Crippen molar-refractivity contribution in [3.05, 3.63) is 12.0 Å². The van der Waals surface area contributed by atoms with E-state index < -0.39 is 5.97 Å². The number of nitrogens with one attached hydrogen (secondary N) is 1. The zero-order chi connectivity index (χ0) is 12.9. The van der Waals surface area contributed by atoms with Crippen molar-refractivity contribution in [1.29, 1.82) is 0 Å². The molecule has 1 aromatic rings.